The van der Waals surface area contributed by atoms with Crippen molar-refractivity contribution in [2.75, 3.05) is 19.8 Å². The summed E-state index contributed by atoms with van der Waals surface area (Å²) in [6.07, 6.45) is 20.5. The molecular formula is C46H90NO10P. The molecular weight excluding hydrogens is 757 g/mol. The van der Waals surface area contributed by atoms with Crippen LogP contribution in [0.15, 0.2) is 0 Å². The Morgan fingerprint density at radius 2 is 0.828 bits per heavy atom. The highest BCUT2D eigenvalue weighted by Gasteiger charge is 2.28. The number of carbonyl (C=O) groups is 3. The van der Waals surface area contributed by atoms with E-state index in [1.54, 1.807) is 0 Å². The lowest BCUT2D eigenvalue weighted by Crippen LogP contribution is -2.35. The molecule has 11 nitrogen and oxygen atoms in total. The Labute approximate surface area is 355 Å². The van der Waals surface area contributed by atoms with Gasteiger partial charge in [-0.1, -0.05) is 185 Å². The number of ether oxygens (including phenoxy) is 2. The number of phosphoric ester groups is 1. The summed E-state index contributed by atoms with van der Waals surface area (Å²) in [6.45, 7) is 20.8. The maximum Gasteiger partial charge on any atom is 0.472 e. The maximum absolute atomic E-state index is 13.0. The predicted octanol–water partition coefficient (Wildman–Crippen LogP) is 11.9. The molecule has 8 unspecified atom stereocenters. The van der Waals surface area contributed by atoms with Gasteiger partial charge in [-0.15, -0.1) is 0 Å². The van der Waals surface area contributed by atoms with Gasteiger partial charge in [0.25, 0.3) is 0 Å². The minimum absolute atomic E-state index is 0.0567. The molecule has 0 aromatic carbocycles. The first-order chi connectivity index (χ1) is 27.2. The molecule has 0 aliphatic rings. The van der Waals surface area contributed by atoms with Gasteiger partial charge in [0.1, 0.15) is 12.6 Å². The lowest BCUT2D eigenvalue weighted by Gasteiger charge is -2.21. The topological polar surface area (TPSA) is 172 Å². The van der Waals surface area contributed by atoms with E-state index in [9.17, 15) is 23.8 Å². The van der Waals surface area contributed by atoms with Crippen LogP contribution in [-0.2, 0) is 37.5 Å². The van der Waals surface area contributed by atoms with Crippen LogP contribution in [0, 0.1) is 47.3 Å². The molecule has 344 valence electrons. The Kier molecular flexibility index (Phi) is 32.3. The number of rotatable bonds is 38. The van der Waals surface area contributed by atoms with Crippen molar-refractivity contribution in [1.82, 2.24) is 0 Å². The third kappa shape index (κ3) is 34.2. The standard InChI is InChI=1S/C46H90NO10P/c1-34(2)17-11-19-36(5)21-13-23-38(7)25-15-27-40(9)29-44(48)54-31-42(32-55-58(52,53)56-33-43(47)46(50)51)57-45(49)30-41(10)28-16-26-39(8)24-14-22-37(6)20-12-18-35(3)4/h34-43H,11-33,47H2,1-10H3,(H,50,51)(H,52,53)/t36?,37?,38?,39?,40?,41?,42?,43-/m0/s1. The summed E-state index contributed by atoms with van der Waals surface area (Å²) in [5.74, 6) is 2.14. The Balaban J connectivity index is 4.84. The number of carboxylic acid groups (broad SMARTS) is 1. The molecule has 0 aliphatic carbocycles. The minimum Gasteiger partial charge on any atom is -0.480 e. The zero-order valence-electron chi connectivity index (χ0n) is 38.7. The first kappa shape index (κ1) is 56.5. The monoisotopic (exact) mass is 848 g/mol. The van der Waals surface area contributed by atoms with Gasteiger partial charge in [-0.3, -0.25) is 23.4 Å². The lowest BCUT2D eigenvalue weighted by molar-refractivity contribution is -0.162. The van der Waals surface area contributed by atoms with Gasteiger partial charge in [0, 0.05) is 12.8 Å². The second-order valence-corrected chi connectivity index (χ2v) is 20.7. The molecule has 0 spiro atoms. The molecule has 0 aliphatic heterocycles. The van der Waals surface area contributed by atoms with Crippen LogP contribution in [0.5, 0.6) is 0 Å². The zero-order valence-corrected chi connectivity index (χ0v) is 39.6. The molecule has 0 radical (unpaired) electrons. The first-order valence-corrected chi connectivity index (χ1v) is 24.6. The lowest BCUT2D eigenvalue weighted by atomic mass is 9.91. The number of phosphoric acid groups is 1. The number of carbonyl (C=O) groups excluding carboxylic acids is 2. The van der Waals surface area contributed by atoms with Crippen LogP contribution in [-0.4, -0.2) is 59.9 Å². The van der Waals surface area contributed by atoms with Crippen molar-refractivity contribution in [1.29, 1.82) is 0 Å². The van der Waals surface area contributed by atoms with Gasteiger partial charge in [-0.05, 0) is 47.3 Å². The second-order valence-electron chi connectivity index (χ2n) is 19.2. The van der Waals surface area contributed by atoms with E-state index in [0.29, 0.717) is 11.8 Å². The van der Waals surface area contributed by atoms with E-state index in [1.807, 2.05) is 13.8 Å². The van der Waals surface area contributed by atoms with E-state index in [4.69, 9.17) is 29.4 Å². The van der Waals surface area contributed by atoms with Crippen LogP contribution >= 0.6 is 7.82 Å². The Bertz CT molecular complexity index is 1120. The summed E-state index contributed by atoms with van der Waals surface area (Å²) >= 11 is 0. The summed E-state index contributed by atoms with van der Waals surface area (Å²) in [7, 11) is -4.74. The van der Waals surface area contributed by atoms with Gasteiger partial charge >= 0.3 is 25.7 Å². The molecule has 4 N–H and O–H groups in total. The average molecular weight is 848 g/mol. The van der Waals surface area contributed by atoms with Crippen molar-refractivity contribution >= 4 is 25.7 Å². The van der Waals surface area contributed by atoms with Crippen LogP contribution in [0.4, 0.5) is 0 Å². The summed E-state index contributed by atoms with van der Waals surface area (Å²) in [5, 5.41) is 8.95. The number of hydrogen-bond acceptors (Lipinski definition) is 9. The molecule has 12 heteroatoms. The van der Waals surface area contributed by atoms with E-state index in [-0.39, 0.29) is 31.3 Å². The Morgan fingerprint density at radius 3 is 1.19 bits per heavy atom. The number of hydrogen-bond donors (Lipinski definition) is 3. The predicted molar refractivity (Wildman–Crippen MR) is 235 cm³/mol. The molecule has 0 aromatic heterocycles. The molecule has 0 amide bonds. The minimum atomic E-state index is -4.74. The molecule has 0 bridgehead atoms. The molecule has 58 heavy (non-hydrogen) atoms. The second kappa shape index (κ2) is 33.1. The molecule has 0 heterocycles. The van der Waals surface area contributed by atoms with Gasteiger partial charge in [-0.25, -0.2) is 4.57 Å². The SMILES string of the molecule is CC(C)CCCC(C)CCCC(C)CCCC(C)CC(=O)OCC(COP(=O)(O)OC[C@H](N)C(=O)O)OC(=O)CC(C)CCCC(C)CCCC(C)CCCC(C)C. The smallest absolute Gasteiger partial charge is 0.472 e. The summed E-state index contributed by atoms with van der Waals surface area (Å²) < 4.78 is 33.3. The number of esters is 2. The third-order valence-corrected chi connectivity index (χ3v) is 12.4. The van der Waals surface area contributed by atoms with Crippen molar-refractivity contribution in [2.45, 2.75) is 210 Å². The Morgan fingerprint density at radius 1 is 0.500 bits per heavy atom. The molecule has 0 rings (SSSR count). The highest BCUT2D eigenvalue weighted by Crippen LogP contribution is 2.43. The quantitative estimate of drug-likeness (QED) is 0.0399. The van der Waals surface area contributed by atoms with Crippen molar-refractivity contribution < 1.29 is 47.5 Å². The largest absolute Gasteiger partial charge is 0.480 e. The molecule has 0 saturated heterocycles. The number of carboxylic acids is 1. The van der Waals surface area contributed by atoms with Crippen LogP contribution in [0.2, 0.25) is 0 Å². The van der Waals surface area contributed by atoms with Gasteiger partial charge in [0.15, 0.2) is 6.10 Å². The van der Waals surface area contributed by atoms with Gasteiger partial charge in [-0.2, -0.15) is 0 Å². The highest BCUT2D eigenvalue weighted by molar-refractivity contribution is 7.47. The Hall–Kier alpha value is -1.52. The van der Waals surface area contributed by atoms with E-state index in [1.165, 1.54) is 77.0 Å². The zero-order chi connectivity index (χ0) is 44.1. The van der Waals surface area contributed by atoms with Crippen LogP contribution < -0.4 is 5.73 Å². The van der Waals surface area contributed by atoms with Crippen molar-refractivity contribution in [3.05, 3.63) is 0 Å². The van der Waals surface area contributed by atoms with Crippen LogP contribution in [0.25, 0.3) is 0 Å². The van der Waals surface area contributed by atoms with E-state index < -0.39 is 51.1 Å². The summed E-state index contributed by atoms with van der Waals surface area (Å²) in [6, 6.07) is -1.53. The number of nitrogens with two attached hydrogens (primary N) is 1. The first-order valence-electron chi connectivity index (χ1n) is 23.1. The fraction of sp³-hybridized carbons (Fsp3) is 0.935. The summed E-state index contributed by atoms with van der Waals surface area (Å²) in [5.41, 5.74) is 5.37. The van der Waals surface area contributed by atoms with E-state index in [0.717, 1.165) is 62.2 Å². The molecule has 9 atom stereocenters. The van der Waals surface area contributed by atoms with E-state index in [2.05, 4.69) is 55.4 Å². The van der Waals surface area contributed by atoms with E-state index >= 15 is 0 Å². The molecule has 0 fully saturated rings. The fourth-order valence-corrected chi connectivity index (χ4v) is 8.19. The fourth-order valence-electron chi connectivity index (χ4n) is 7.41. The van der Waals surface area contributed by atoms with Gasteiger partial charge < -0.3 is 25.2 Å². The van der Waals surface area contributed by atoms with Crippen LogP contribution in [0.3, 0.4) is 0 Å². The van der Waals surface area contributed by atoms with Crippen molar-refractivity contribution in [3.63, 3.8) is 0 Å². The molecule has 0 saturated carbocycles. The summed E-state index contributed by atoms with van der Waals surface area (Å²) in [4.78, 5) is 46.9. The molecule has 0 aromatic rings. The van der Waals surface area contributed by atoms with Crippen LogP contribution in [0.1, 0.15) is 198 Å². The highest BCUT2D eigenvalue weighted by atomic mass is 31.2. The maximum atomic E-state index is 13.0. The number of aliphatic carboxylic acids is 1. The average Bonchev–Trinajstić information content (AvgIpc) is 3.11. The third-order valence-electron chi connectivity index (χ3n) is 11.4. The van der Waals surface area contributed by atoms with Crippen molar-refractivity contribution in [2.24, 2.45) is 53.1 Å². The van der Waals surface area contributed by atoms with Crippen molar-refractivity contribution in [3.8, 4) is 0 Å². The van der Waals surface area contributed by atoms with Gasteiger partial charge in [0.2, 0.25) is 0 Å². The van der Waals surface area contributed by atoms with Gasteiger partial charge in [0.05, 0.1) is 13.2 Å². The normalized spacial score (nSPS) is 17.2.